The molecule has 0 saturated carbocycles. The summed E-state index contributed by atoms with van der Waals surface area (Å²) in [5.74, 6) is -1.11. The lowest BCUT2D eigenvalue weighted by Gasteiger charge is -2.28. The largest absolute Gasteiger partial charge is 0.481 e. The van der Waals surface area contributed by atoms with E-state index in [-0.39, 0.29) is 18.9 Å². The van der Waals surface area contributed by atoms with E-state index in [4.69, 9.17) is 9.84 Å². The highest BCUT2D eigenvalue weighted by Crippen LogP contribution is 2.23. The van der Waals surface area contributed by atoms with Crippen molar-refractivity contribution in [3.63, 3.8) is 0 Å². The van der Waals surface area contributed by atoms with Crippen LogP contribution in [0.15, 0.2) is 24.3 Å². The molecule has 2 aromatic rings. The molecule has 0 bridgehead atoms. The van der Waals surface area contributed by atoms with E-state index >= 15 is 0 Å². The summed E-state index contributed by atoms with van der Waals surface area (Å²) in [4.78, 5) is 27.6. The molecular formula is C18H24N2O4S. The van der Waals surface area contributed by atoms with Crippen LogP contribution in [-0.4, -0.2) is 41.2 Å². The van der Waals surface area contributed by atoms with Gasteiger partial charge in [0.15, 0.2) is 0 Å². The Balaban J connectivity index is 1.76. The number of carbonyl (C=O) groups is 2. The molecule has 2 rings (SSSR count). The topological polar surface area (TPSA) is 88.5 Å². The lowest BCUT2D eigenvalue weighted by atomic mass is 9.98. The summed E-state index contributed by atoms with van der Waals surface area (Å²) >= 11 is 1.69. The number of ether oxygens (including phenoxy) is 1. The fraction of sp³-hybridized carbons (Fsp3) is 0.500. The number of aromatic nitrogens is 1. The van der Waals surface area contributed by atoms with Crippen molar-refractivity contribution in [1.82, 2.24) is 10.3 Å². The first kappa shape index (κ1) is 19.3. The number of hydrogen-bond donors (Lipinski definition) is 2. The highest BCUT2D eigenvalue weighted by molar-refractivity contribution is 7.18. The molecule has 0 radical (unpaired) electrons. The van der Waals surface area contributed by atoms with Crippen molar-refractivity contribution < 1.29 is 19.4 Å². The van der Waals surface area contributed by atoms with Crippen LogP contribution in [0.4, 0.5) is 0 Å². The second kappa shape index (κ2) is 8.92. The normalized spacial score (nSPS) is 13.5. The fourth-order valence-electron chi connectivity index (χ4n) is 2.77. The second-order valence-electron chi connectivity index (χ2n) is 6.39. The van der Waals surface area contributed by atoms with Gasteiger partial charge in [0.2, 0.25) is 5.91 Å². The SMILES string of the molecule is COCC(C)(CC(=O)O)NC(=O)CCCCc1nc2ccccc2s1. The quantitative estimate of drug-likeness (QED) is 0.633. The summed E-state index contributed by atoms with van der Waals surface area (Å²) in [6.07, 6.45) is 2.64. The summed E-state index contributed by atoms with van der Waals surface area (Å²) in [5, 5.41) is 12.8. The van der Waals surface area contributed by atoms with Crippen LogP contribution in [0.1, 0.15) is 37.6 Å². The zero-order chi connectivity index (χ0) is 18.3. The Morgan fingerprint density at radius 1 is 1.32 bits per heavy atom. The van der Waals surface area contributed by atoms with Crippen molar-refractivity contribution in [2.24, 2.45) is 0 Å². The molecule has 25 heavy (non-hydrogen) atoms. The number of carbonyl (C=O) groups excluding carboxylic acids is 1. The van der Waals surface area contributed by atoms with E-state index in [2.05, 4.69) is 16.4 Å². The van der Waals surface area contributed by atoms with Crippen molar-refractivity contribution in [2.45, 2.75) is 44.6 Å². The predicted octanol–water partition coefficient (Wildman–Crippen LogP) is 3.01. The smallest absolute Gasteiger partial charge is 0.305 e. The number of methoxy groups -OCH3 is 1. The summed E-state index contributed by atoms with van der Waals surface area (Å²) < 4.78 is 6.22. The number of unbranched alkanes of at least 4 members (excludes halogenated alkanes) is 1. The number of nitrogens with one attached hydrogen (secondary N) is 1. The van der Waals surface area contributed by atoms with Gasteiger partial charge in [0.05, 0.1) is 33.8 Å². The van der Waals surface area contributed by atoms with Gasteiger partial charge in [-0.25, -0.2) is 4.98 Å². The third-order valence-electron chi connectivity index (χ3n) is 3.83. The minimum absolute atomic E-state index is 0.148. The van der Waals surface area contributed by atoms with E-state index in [0.29, 0.717) is 6.42 Å². The van der Waals surface area contributed by atoms with Crippen LogP contribution in [0.5, 0.6) is 0 Å². The molecule has 2 N–H and O–H groups in total. The number of fused-ring (bicyclic) bond motifs is 1. The van der Waals surface area contributed by atoms with Crippen molar-refractivity contribution in [1.29, 1.82) is 0 Å². The van der Waals surface area contributed by atoms with Crippen LogP contribution < -0.4 is 5.32 Å². The van der Waals surface area contributed by atoms with Gasteiger partial charge in [-0.15, -0.1) is 11.3 Å². The Bertz CT molecular complexity index is 698. The van der Waals surface area contributed by atoms with Crippen molar-refractivity contribution >= 4 is 33.4 Å². The third-order valence-corrected chi connectivity index (χ3v) is 4.92. The summed E-state index contributed by atoms with van der Waals surface area (Å²) in [6.45, 7) is 1.85. The molecule has 1 atom stereocenters. The Kier molecular flexibility index (Phi) is 6.90. The first-order chi connectivity index (χ1) is 11.9. The van der Waals surface area contributed by atoms with Crippen LogP contribution >= 0.6 is 11.3 Å². The Morgan fingerprint density at radius 3 is 2.76 bits per heavy atom. The summed E-state index contributed by atoms with van der Waals surface area (Å²) in [7, 11) is 1.49. The Labute approximate surface area is 151 Å². The first-order valence-electron chi connectivity index (χ1n) is 8.28. The van der Waals surface area contributed by atoms with Gasteiger partial charge in [0.1, 0.15) is 0 Å². The lowest BCUT2D eigenvalue weighted by molar-refractivity contribution is -0.139. The number of hydrogen-bond acceptors (Lipinski definition) is 5. The maximum atomic E-state index is 12.1. The molecule has 0 aliphatic carbocycles. The molecule has 7 heteroatoms. The van der Waals surface area contributed by atoms with Crippen LogP contribution in [0, 0.1) is 0 Å². The van der Waals surface area contributed by atoms with Crippen LogP contribution in [-0.2, 0) is 20.7 Å². The number of aliphatic carboxylic acids is 1. The Morgan fingerprint density at radius 2 is 2.08 bits per heavy atom. The van der Waals surface area contributed by atoms with Gasteiger partial charge in [-0.1, -0.05) is 12.1 Å². The van der Waals surface area contributed by atoms with Crippen molar-refractivity contribution in [3.05, 3.63) is 29.3 Å². The second-order valence-corrected chi connectivity index (χ2v) is 7.51. The average Bonchev–Trinajstić information content (AvgIpc) is 2.93. The van der Waals surface area contributed by atoms with Crippen LogP contribution in [0.3, 0.4) is 0 Å². The number of carboxylic acid groups (broad SMARTS) is 1. The molecule has 1 aromatic heterocycles. The predicted molar refractivity (Wildman–Crippen MR) is 97.9 cm³/mol. The first-order valence-corrected chi connectivity index (χ1v) is 9.10. The molecule has 1 unspecified atom stereocenters. The minimum Gasteiger partial charge on any atom is -0.481 e. The third kappa shape index (κ3) is 6.10. The number of aryl methyl sites for hydroxylation is 1. The fourth-order valence-corrected chi connectivity index (χ4v) is 3.78. The molecule has 0 aliphatic rings. The standard InChI is InChI=1S/C18H24N2O4S/c1-18(12-24-2,11-17(22)23)20-15(21)9-5-6-10-16-19-13-7-3-4-8-14(13)25-16/h3-4,7-8H,5-6,9-12H2,1-2H3,(H,20,21)(H,22,23). The molecule has 136 valence electrons. The molecule has 6 nitrogen and oxygen atoms in total. The number of benzene rings is 1. The van der Waals surface area contributed by atoms with Gasteiger partial charge in [0, 0.05) is 13.5 Å². The monoisotopic (exact) mass is 364 g/mol. The van der Waals surface area contributed by atoms with E-state index in [0.717, 1.165) is 29.8 Å². The zero-order valence-electron chi connectivity index (χ0n) is 14.6. The van der Waals surface area contributed by atoms with Gasteiger partial charge < -0.3 is 15.2 Å². The molecule has 1 amide bonds. The molecular weight excluding hydrogens is 340 g/mol. The molecule has 1 aromatic carbocycles. The number of para-hydroxylation sites is 1. The highest BCUT2D eigenvalue weighted by atomic mass is 32.1. The molecule has 1 heterocycles. The van der Waals surface area contributed by atoms with Crippen LogP contribution in [0.25, 0.3) is 10.2 Å². The van der Waals surface area contributed by atoms with Gasteiger partial charge >= 0.3 is 5.97 Å². The molecule has 0 saturated heterocycles. The number of carboxylic acids is 1. The number of amides is 1. The van der Waals surface area contributed by atoms with Gasteiger partial charge in [-0.05, 0) is 38.3 Å². The maximum absolute atomic E-state index is 12.1. The van der Waals surface area contributed by atoms with Gasteiger partial charge in [-0.3, -0.25) is 9.59 Å². The van der Waals surface area contributed by atoms with E-state index in [9.17, 15) is 9.59 Å². The number of rotatable bonds is 10. The van der Waals surface area contributed by atoms with Gasteiger partial charge in [0.25, 0.3) is 0 Å². The molecule has 0 fully saturated rings. The molecule has 0 spiro atoms. The van der Waals surface area contributed by atoms with E-state index in [1.165, 1.54) is 11.8 Å². The number of thiazole rings is 1. The van der Waals surface area contributed by atoms with Crippen molar-refractivity contribution in [3.8, 4) is 0 Å². The Hall–Kier alpha value is -1.99. The lowest BCUT2D eigenvalue weighted by Crippen LogP contribution is -2.50. The van der Waals surface area contributed by atoms with E-state index in [1.807, 2.05) is 18.2 Å². The summed E-state index contributed by atoms with van der Waals surface area (Å²) in [6, 6.07) is 8.04. The minimum atomic E-state index is -0.962. The molecule has 0 aliphatic heterocycles. The van der Waals surface area contributed by atoms with E-state index < -0.39 is 11.5 Å². The zero-order valence-corrected chi connectivity index (χ0v) is 15.4. The summed E-state index contributed by atoms with van der Waals surface area (Å²) in [5.41, 5.74) is 0.134. The van der Waals surface area contributed by atoms with Crippen molar-refractivity contribution in [2.75, 3.05) is 13.7 Å². The maximum Gasteiger partial charge on any atom is 0.305 e. The average molecular weight is 364 g/mol. The number of nitrogens with zero attached hydrogens (tertiary/aromatic N) is 1. The van der Waals surface area contributed by atoms with Gasteiger partial charge in [-0.2, -0.15) is 0 Å². The van der Waals surface area contributed by atoms with Crippen LogP contribution in [0.2, 0.25) is 0 Å². The van der Waals surface area contributed by atoms with E-state index in [1.54, 1.807) is 18.3 Å². The highest BCUT2D eigenvalue weighted by Gasteiger charge is 2.29.